The first-order chi connectivity index (χ1) is 18.0. The van der Waals surface area contributed by atoms with Crippen molar-refractivity contribution in [2.45, 2.75) is 6.54 Å². The molecule has 0 aliphatic carbocycles. The van der Waals surface area contributed by atoms with E-state index in [2.05, 4.69) is 15.9 Å². The molecule has 0 atom stereocenters. The summed E-state index contributed by atoms with van der Waals surface area (Å²) in [6, 6.07) is 17.2. The van der Waals surface area contributed by atoms with Gasteiger partial charge in [0.2, 0.25) is 10.6 Å². The van der Waals surface area contributed by atoms with E-state index in [0.717, 1.165) is 22.4 Å². The van der Waals surface area contributed by atoms with Crippen LogP contribution in [0.25, 0.3) is 11.3 Å². The number of hydrogen-bond donors (Lipinski definition) is 1. The number of phenols is 1. The van der Waals surface area contributed by atoms with Crippen LogP contribution in [-0.4, -0.2) is 44.4 Å². The third kappa shape index (κ3) is 5.81. The summed E-state index contributed by atoms with van der Waals surface area (Å²) in [6.07, 6.45) is 1.68. The third-order valence-electron chi connectivity index (χ3n) is 5.48. The van der Waals surface area contributed by atoms with Crippen LogP contribution in [0.3, 0.4) is 0 Å². The molecule has 0 fully saturated rings. The number of halogens is 1. The van der Waals surface area contributed by atoms with E-state index in [-0.39, 0.29) is 5.75 Å². The van der Waals surface area contributed by atoms with Crippen LogP contribution >= 0.6 is 27.3 Å². The molecule has 1 heterocycles. The number of ether oxygens (including phenoxy) is 4. The lowest BCUT2D eigenvalue weighted by atomic mass is 10.1. The van der Waals surface area contributed by atoms with Crippen LogP contribution in [0, 0.1) is 0 Å². The molecule has 8 nitrogen and oxygen atoms in total. The van der Waals surface area contributed by atoms with Crippen molar-refractivity contribution < 1.29 is 24.1 Å². The summed E-state index contributed by atoms with van der Waals surface area (Å²) in [5.41, 5.74) is 3.42. The van der Waals surface area contributed by atoms with Gasteiger partial charge in [-0.3, -0.25) is 4.99 Å². The number of rotatable bonds is 9. The van der Waals surface area contributed by atoms with Gasteiger partial charge in [0.25, 0.3) is 0 Å². The molecule has 4 rings (SSSR count). The van der Waals surface area contributed by atoms with Gasteiger partial charge in [-0.25, -0.2) is 4.68 Å². The number of methoxy groups -OCH3 is 4. The van der Waals surface area contributed by atoms with E-state index >= 15 is 0 Å². The van der Waals surface area contributed by atoms with Gasteiger partial charge in [0.05, 0.1) is 51.4 Å². The van der Waals surface area contributed by atoms with Crippen molar-refractivity contribution in [3.05, 3.63) is 80.4 Å². The molecular formula is C27H26BrN3O5S. The van der Waals surface area contributed by atoms with E-state index in [4.69, 9.17) is 29.0 Å². The zero-order valence-electron chi connectivity index (χ0n) is 20.8. The fourth-order valence-electron chi connectivity index (χ4n) is 3.64. The average Bonchev–Trinajstić information content (AvgIpc) is 3.34. The number of thiazole rings is 1. The van der Waals surface area contributed by atoms with E-state index in [1.807, 2.05) is 47.8 Å². The summed E-state index contributed by atoms with van der Waals surface area (Å²) < 4.78 is 24.1. The Morgan fingerprint density at radius 3 is 2.22 bits per heavy atom. The van der Waals surface area contributed by atoms with Gasteiger partial charge in [-0.2, -0.15) is 5.10 Å². The highest BCUT2D eigenvalue weighted by atomic mass is 79.9. The predicted molar refractivity (Wildman–Crippen MR) is 148 cm³/mol. The number of nitrogens with zero attached hydrogens (tertiary/aromatic N) is 3. The SMILES string of the molecule is COc1cc(C=Nn2c(-c3cc(OC)c(OC)c(OC)c3)csc2=NCc2ccccc2)cc(Br)c1O. The fourth-order valence-corrected chi connectivity index (χ4v) is 4.93. The maximum atomic E-state index is 10.2. The van der Waals surface area contributed by atoms with E-state index in [9.17, 15) is 5.11 Å². The molecule has 0 bridgehead atoms. The Bertz CT molecular complexity index is 1460. The molecule has 0 aliphatic heterocycles. The minimum atomic E-state index is 0.0273. The lowest BCUT2D eigenvalue weighted by Crippen LogP contribution is -2.12. The normalized spacial score (nSPS) is 11.6. The first kappa shape index (κ1) is 26.3. The van der Waals surface area contributed by atoms with Gasteiger partial charge in [0.15, 0.2) is 23.0 Å². The van der Waals surface area contributed by atoms with Crippen LogP contribution in [0.4, 0.5) is 0 Å². The van der Waals surface area contributed by atoms with Crippen LogP contribution in [0.15, 0.2) is 74.5 Å². The smallest absolute Gasteiger partial charge is 0.206 e. The predicted octanol–water partition coefficient (Wildman–Crippen LogP) is 5.70. The van der Waals surface area contributed by atoms with E-state index < -0.39 is 0 Å². The number of benzene rings is 3. The molecule has 0 unspecified atom stereocenters. The van der Waals surface area contributed by atoms with Crippen LogP contribution in [-0.2, 0) is 6.54 Å². The lowest BCUT2D eigenvalue weighted by molar-refractivity contribution is 0.324. The molecule has 0 aliphatic rings. The Balaban J connectivity index is 1.85. The Hall–Kier alpha value is -3.76. The molecule has 3 aromatic carbocycles. The van der Waals surface area contributed by atoms with E-state index in [1.165, 1.54) is 18.4 Å². The Morgan fingerprint density at radius 1 is 0.919 bits per heavy atom. The molecule has 0 spiro atoms. The molecule has 1 aromatic heterocycles. The van der Waals surface area contributed by atoms with Gasteiger partial charge in [-0.15, -0.1) is 11.3 Å². The van der Waals surface area contributed by atoms with Crippen molar-refractivity contribution in [3.63, 3.8) is 0 Å². The summed E-state index contributed by atoms with van der Waals surface area (Å²) in [4.78, 5) is 5.53. The van der Waals surface area contributed by atoms with Crippen LogP contribution in [0.1, 0.15) is 11.1 Å². The van der Waals surface area contributed by atoms with Crippen molar-refractivity contribution in [1.82, 2.24) is 4.68 Å². The highest BCUT2D eigenvalue weighted by molar-refractivity contribution is 9.10. The Morgan fingerprint density at radius 2 is 1.59 bits per heavy atom. The quantitative estimate of drug-likeness (QED) is 0.255. The van der Waals surface area contributed by atoms with Gasteiger partial charge < -0.3 is 24.1 Å². The molecular weight excluding hydrogens is 558 g/mol. The second-order valence-corrected chi connectivity index (χ2v) is 9.42. The number of hydrogen-bond acceptors (Lipinski definition) is 8. The summed E-state index contributed by atoms with van der Waals surface area (Å²) in [7, 11) is 6.23. The van der Waals surface area contributed by atoms with Crippen LogP contribution < -0.4 is 23.7 Å². The largest absolute Gasteiger partial charge is 0.503 e. The van der Waals surface area contributed by atoms with E-state index in [0.29, 0.717) is 38.8 Å². The van der Waals surface area contributed by atoms with Gasteiger partial charge >= 0.3 is 0 Å². The minimum absolute atomic E-state index is 0.0273. The zero-order chi connectivity index (χ0) is 26.4. The summed E-state index contributed by atoms with van der Waals surface area (Å²) >= 11 is 4.83. The maximum Gasteiger partial charge on any atom is 0.206 e. The van der Waals surface area contributed by atoms with Gasteiger partial charge in [0.1, 0.15) is 0 Å². The van der Waals surface area contributed by atoms with Crippen LogP contribution in [0.2, 0.25) is 0 Å². The molecule has 10 heteroatoms. The molecule has 192 valence electrons. The second kappa shape index (κ2) is 12.0. The lowest BCUT2D eigenvalue weighted by Gasteiger charge is -2.14. The zero-order valence-corrected chi connectivity index (χ0v) is 23.2. The topological polar surface area (TPSA) is 86.8 Å². The number of phenolic OH excluding ortho intramolecular Hbond substituents is 1. The fraction of sp³-hybridized carbons (Fsp3) is 0.185. The monoisotopic (exact) mass is 583 g/mol. The molecule has 1 N–H and O–H groups in total. The highest BCUT2D eigenvalue weighted by Crippen LogP contribution is 2.41. The Labute approximate surface area is 227 Å². The van der Waals surface area contributed by atoms with Crippen molar-refractivity contribution in [3.8, 4) is 40.0 Å². The highest BCUT2D eigenvalue weighted by Gasteiger charge is 2.17. The first-order valence-electron chi connectivity index (χ1n) is 11.1. The molecule has 0 saturated carbocycles. The molecule has 0 saturated heterocycles. The minimum Gasteiger partial charge on any atom is -0.503 e. The summed E-state index contributed by atoms with van der Waals surface area (Å²) in [5.74, 6) is 1.95. The number of aromatic nitrogens is 1. The molecule has 4 aromatic rings. The van der Waals surface area contributed by atoms with Crippen LogP contribution in [0.5, 0.6) is 28.7 Å². The first-order valence-corrected chi connectivity index (χ1v) is 12.8. The molecule has 37 heavy (non-hydrogen) atoms. The van der Waals surface area contributed by atoms with E-state index in [1.54, 1.807) is 44.4 Å². The number of aromatic hydroxyl groups is 1. The van der Waals surface area contributed by atoms with Gasteiger partial charge in [-0.1, -0.05) is 30.3 Å². The molecule has 0 radical (unpaired) electrons. The Kier molecular flexibility index (Phi) is 8.52. The second-order valence-electron chi connectivity index (χ2n) is 7.73. The van der Waals surface area contributed by atoms with Gasteiger partial charge in [0, 0.05) is 10.9 Å². The maximum absolute atomic E-state index is 10.2. The van der Waals surface area contributed by atoms with Crippen molar-refractivity contribution >= 4 is 33.5 Å². The van der Waals surface area contributed by atoms with Crippen molar-refractivity contribution in [2.24, 2.45) is 10.1 Å². The molecule has 0 amide bonds. The average molecular weight is 584 g/mol. The standard InChI is InChI=1S/C27H26BrN3O5S/c1-33-22-11-18(10-20(28)25(22)32)15-30-31-21(16-37-27(31)29-14-17-8-6-5-7-9-17)19-12-23(34-2)26(36-4)24(13-19)35-3/h5-13,15-16,32H,14H2,1-4H3. The summed E-state index contributed by atoms with van der Waals surface area (Å²) in [6.45, 7) is 0.504. The van der Waals surface area contributed by atoms with Gasteiger partial charge in [-0.05, 0) is 51.3 Å². The van der Waals surface area contributed by atoms with Crippen molar-refractivity contribution in [2.75, 3.05) is 28.4 Å². The third-order valence-corrected chi connectivity index (χ3v) is 6.94. The summed E-state index contributed by atoms with van der Waals surface area (Å²) in [5, 5.41) is 16.9. The van der Waals surface area contributed by atoms with Crippen molar-refractivity contribution in [1.29, 1.82) is 0 Å².